The molecular formula is C11H16N4O3S. The Hall–Kier alpha value is -1.67. The van der Waals surface area contributed by atoms with Crippen LogP contribution in [0.4, 0.5) is 0 Å². The van der Waals surface area contributed by atoms with E-state index < -0.39 is 10.0 Å². The summed E-state index contributed by atoms with van der Waals surface area (Å²) in [4.78, 5) is 0.172. The molecule has 0 aromatic carbocycles. The third kappa shape index (κ3) is 2.85. The van der Waals surface area contributed by atoms with Crippen LogP contribution in [-0.4, -0.2) is 23.4 Å². The lowest BCUT2D eigenvalue weighted by Gasteiger charge is -2.03. The standard InChI is InChI=1S/C11H16N4O3S/c1-4-9-5-10(18-14-9)6-13-19(16,17)11-7-12-15(3)8(11)2/h5,7,13H,4,6H2,1-3H3. The molecule has 0 fully saturated rings. The maximum Gasteiger partial charge on any atom is 0.244 e. The van der Waals surface area contributed by atoms with Crippen LogP contribution in [0.3, 0.4) is 0 Å². The predicted octanol–water partition coefficient (Wildman–Crippen LogP) is 0.757. The van der Waals surface area contributed by atoms with Gasteiger partial charge in [0.15, 0.2) is 5.76 Å². The van der Waals surface area contributed by atoms with Crippen LogP contribution in [0.15, 0.2) is 21.7 Å². The fourth-order valence-corrected chi connectivity index (χ4v) is 2.79. The number of aromatic nitrogens is 3. The van der Waals surface area contributed by atoms with Gasteiger partial charge in [-0.05, 0) is 13.3 Å². The van der Waals surface area contributed by atoms with Crippen LogP contribution in [0.2, 0.25) is 0 Å². The lowest BCUT2D eigenvalue weighted by molar-refractivity contribution is 0.375. The van der Waals surface area contributed by atoms with E-state index in [1.807, 2.05) is 6.92 Å². The summed E-state index contributed by atoms with van der Waals surface area (Å²) in [7, 11) is -1.89. The van der Waals surface area contributed by atoms with Crippen molar-refractivity contribution in [3.05, 3.63) is 29.4 Å². The molecule has 0 radical (unpaired) electrons. The minimum absolute atomic E-state index is 0.0731. The molecule has 0 bridgehead atoms. The SMILES string of the molecule is CCc1cc(CNS(=O)(=O)c2cnn(C)c2C)on1. The molecule has 0 aliphatic carbocycles. The Morgan fingerprint density at radius 2 is 2.21 bits per heavy atom. The van der Waals surface area contributed by atoms with E-state index >= 15 is 0 Å². The molecule has 19 heavy (non-hydrogen) atoms. The molecular weight excluding hydrogens is 268 g/mol. The average Bonchev–Trinajstić information content (AvgIpc) is 2.95. The molecule has 0 saturated heterocycles. The minimum Gasteiger partial charge on any atom is -0.360 e. The van der Waals surface area contributed by atoms with Crippen molar-refractivity contribution in [3.63, 3.8) is 0 Å². The number of aryl methyl sites for hydroxylation is 2. The van der Waals surface area contributed by atoms with Crippen molar-refractivity contribution < 1.29 is 12.9 Å². The van der Waals surface area contributed by atoms with Crippen molar-refractivity contribution >= 4 is 10.0 Å². The zero-order chi connectivity index (χ0) is 14.0. The van der Waals surface area contributed by atoms with E-state index in [1.165, 1.54) is 10.9 Å². The third-order valence-electron chi connectivity index (χ3n) is 2.89. The molecule has 0 atom stereocenters. The van der Waals surface area contributed by atoms with Gasteiger partial charge in [0, 0.05) is 13.1 Å². The van der Waals surface area contributed by atoms with Crippen molar-refractivity contribution in [3.8, 4) is 0 Å². The number of rotatable bonds is 5. The zero-order valence-electron chi connectivity index (χ0n) is 11.0. The highest BCUT2D eigenvalue weighted by atomic mass is 32.2. The fourth-order valence-electron chi connectivity index (χ4n) is 1.59. The smallest absolute Gasteiger partial charge is 0.244 e. The molecule has 0 spiro atoms. The molecule has 7 nitrogen and oxygen atoms in total. The molecule has 0 aliphatic heterocycles. The first-order chi connectivity index (χ1) is 8.94. The van der Waals surface area contributed by atoms with Crippen molar-refractivity contribution in [2.75, 3.05) is 0 Å². The fraction of sp³-hybridized carbons (Fsp3) is 0.455. The maximum absolute atomic E-state index is 12.1. The van der Waals surface area contributed by atoms with E-state index in [0.717, 1.165) is 12.1 Å². The van der Waals surface area contributed by atoms with E-state index in [1.54, 1.807) is 20.0 Å². The largest absolute Gasteiger partial charge is 0.360 e. The van der Waals surface area contributed by atoms with E-state index in [0.29, 0.717) is 11.5 Å². The molecule has 0 unspecified atom stereocenters. The second kappa shape index (κ2) is 5.14. The van der Waals surface area contributed by atoms with Crippen molar-refractivity contribution in [1.82, 2.24) is 19.7 Å². The van der Waals surface area contributed by atoms with Crippen LogP contribution in [0, 0.1) is 6.92 Å². The average molecular weight is 284 g/mol. The van der Waals surface area contributed by atoms with Crippen molar-refractivity contribution in [2.24, 2.45) is 7.05 Å². The van der Waals surface area contributed by atoms with Crippen LogP contribution in [-0.2, 0) is 30.0 Å². The minimum atomic E-state index is -3.59. The third-order valence-corrected chi connectivity index (χ3v) is 4.39. The second-order valence-corrected chi connectivity index (χ2v) is 5.92. The molecule has 2 rings (SSSR count). The molecule has 0 amide bonds. The Morgan fingerprint density at radius 3 is 2.74 bits per heavy atom. The van der Waals surface area contributed by atoms with Gasteiger partial charge < -0.3 is 4.52 Å². The molecule has 8 heteroatoms. The Labute approximate surface area is 111 Å². The summed E-state index contributed by atoms with van der Waals surface area (Å²) < 4.78 is 33.2. The van der Waals surface area contributed by atoms with Crippen molar-refractivity contribution in [2.45, 2.75) is 31.7 Å². The Kier molecular flexibility index (Phi) is 3.72. The number of nitrogens with zero attached hydrogens (tertiary/aromatic N) is 3. The van der Waals surface area contributed by atoms with Gasteiger partial charge in [0.25, 0.3) is 0 Å². The van der Waals surface area contributed by atoms with Crippen molar-refractivity contribution in [1.29, 1.82) is 0 Å². The monoisotopic (exact) mass is 284 g/mol. The highest BCUT2D eigenvalue weighted by Crippen LogP contribution is 2.13. The van der Waals surface area contributed by atoms with Gasteiger partial charge in [-0.2, -0.15) is 5.10 Å². The van der Waals surface area contributed by atoms with Gasteiger partial charge in [-0.15, -0.1) is 0 Å². The number of hydrogen-bond donors (Lipinski definition) is 1. The Bertz CT molecular complexity index is 672. The summed E-state index contributed by atoms with van der Waals surface area (Å²) >= 11 is 0. The van der Waals surface area contributed by atoms with Gasteiger partial charge in [-0.1, -0.05) is 12.1 Å². The normalized spacial score (nSPS) is 11.9. The zero-order valence-corrected chi connectivity index (χ0v) is 11.9. The summed E-state index contributed by atoms with van der Waals surface area (Å²) in [6.45, 7) is 3.72. The van der Waals surface area contributed by atoms with Crippen LogP contribution in [0.5, 0.6) is 0 Å². The summed E-state index contributed by atoms with van der Waals surface area (Å²) in [5.74, 6) is 0.488. The molecule has 2 aromatic heterocycles. The van der Waals surface area contributed by atoms with Gasteiger partial charge in [0.2, 0.25) is 10.0 Å². The van der Waals surface area contributed by atoms with E-state index in [-0.39, 0.29) is 11.4 Å². The maximum atomic E-state index is 12.1. The summed E-state index contributed by atoms with van der Waals surface area (Å²) in [5.41, 5.74) is 1.38. The Morgan fingerprint density at radius 1 is 1.47 bits per heavy atom. The number of nitrogens with one attached hydrogen (secondary N) is 1. The van der Waals surface area contributed by atoms with Crippen LogP contribution >= 0.6 is 0 Å². The molecule has 2 heterocycles. The second-order valence-electron chi connectivity index (χ2n) is 4.18. The molecule has 1 N–H and O–H groups in total. The molecule has 0 aliphatic rings. The number of hydrogen-bond acceptors (Lipinski definition) is 5. The summed E-state index contributed by atoms with van der Waals surface area (Å²) in [5, 5.41) is 7.72. The summed E-state index contributed by atoms with van der Waals surface area (Å²) in [6.07, 6.45) is 2.08. The molecule has 104 valence electrons. The van der Waals surface area contributed by atoms with Crippen LogP contribution in [0.1, 0.15) is 24.1 Å². The van der Waals surface area contributed by atoms with Gasteiger partial charge in [0.05, 0.1) is 24.1 Å². The van der Waals surface area contributed by atoms with Crippen LogP contribution in [0.25, 0.3) is 0 Å². The molecule has 0 saturated carbocycles. The highest BCUT2D eigenvalue weighted by molar-refractivity contribution is 7.89. The summed E-state index contributed by atoms with van der Waals surface area (Å²) in [6, 6.07) is 1.73. The first-order valence-corrected chi connectivity index (χ1v) is 7.35. The van der Waals surface area contributed by atoms with Gasteiger partial charge in [0.1, 0.15) is 4.90 Å². The lowest BCUT2D eigenvalue weighted by Crippen LogP contribution is -2.23. The number of sulfonamides is 1. The first kappa shape index (κ1) is 13.8. The molecule has 2 aromatic rings. The van der Waals surface area contributed by atoms with Crippen LogP contribution < -0.4 is 4.72 Å². The van der Waals surface area contributed by atoms with E-state index in [2.05, 4.69) is 15.0 Å². The topological polar surface area (TPSA) is 90.0 Å². The first-order valence-electron chi connectivity index (χ1n) is 5.86. The van der Waals surface area contributed by atoms with Gasteiger partial charge in [-0.3, -0.25) is 4.68 Å². The Balaban J connectivity index is 2.12. The van der Waals surface area contributed by atoms with Gasteiger partial charge in [-0.25, -0.2) is 13.1 Å². The highest BCUT2D eigenvalue weighted by Gasteiger charge is 2.20. The van der Waals surface area contributed by atoms with E-state index in [9.17, 15) is 8.42 Å². The predicted molar refractivity (Wildman–Crippen MR) is 67.9 cm³/mol. The quantitative estimate of drug-likeness (QED) is 0.875. The lowest BCUT2D eigenvalue weighted by atomic mass is 10.3. The van der Waals surface area contributed by atoms with E-state index in [4.69, 9.17) is 4.52 Å². The van der Waals surface area contributed by atoms with Gasteiger partial charge >= 0.3 is 0 Å².